The maximum Gasteiger partial charge on any atom is 0.329 e. The summed E-state index contributed by atoms with van der Waals surface area (Å²) in [7, 11) is 1.11. The van der Waals surface area contributed by atoms with Crippen LogP contribution >= 0.6 is 12.6 Å². The van der Waals surface area contributed by atoms with Crippen molar-refractivity contribution in [2.45, 2.75) is 57.5 Å². The largest absolute Gasteiger partial charge is 0.467 e. The SMILES string of the molecule is COC(=O)[C@@H](CS)NC(=O)[C@H]1OC(O)[C@H](OC(C)=O)[C@@H](OC(C)=O)[C@@H]1OC(C)=O. The third kappa shape index (κ3) is 6.87. The third-order valence-electron chi connectivity index (χ3n) is 3.66. The fraction of sp³-hybridized carbons (Fsp3) is 0.688. The topological polar surface area (TPSA) is 164 Å². The first-order chi connectivity index (χ1) is 13.5. The Labute approximate surface area is 171 Å². The monoisotopic (exact) mass is 437 g/mol. The van der Waals surface area contributed by atoms with E-state index in [4.69, 9.17) is 18.9 Å². The maximum atomic E-state index is 12.7. The molecule has 0 aromatic heterocycles. The van der Waals surface area contributed by atoms with E-state index in [1.165, 1.54) is 0 Å². The minimum Gasteiger partial charge on any atom is -0.467 e. The Morgan fingerprint density at radius 1 is 0.966 bits per heavy atom. The molecular formula is C16H23NO11S. The van der Waals surface area contributed by atoms with Gasteiger partial charge in [0.15, 0.2) is 30.7 Å². The van der Waals surface area contributed by atoms with Crippen LogP contribution in [-0.2, 0) is 47.7 Å². The van der Waals surface area contributed by atoms with E-state index < -0.39 is 66.5 Å². The van der Waals surface area contributed by atoms with Gasteiger partial charge in [0, 0.05) is 26.5 Å². The number of aliphatic hydroxyl groups is 1. The van der Waals surface area contributed by atoms with Crippen LogP contribution in [0, 0.1) is 0 Å². The van der Waals surface area contributed by atoms with Crippen LogP contribution in [0.4, 0.5) is 0 Å². The molecule has 1 rings (SSSR count). The molecule has 2 N–H and O–H groups in total. The summed E-state index contributed by atoms with van der Waals surface area (Å²) in [5.41, 5.74) is 0. The van der Waals surface area contributed by atoms with Crippen molar-refractivity contribution in [3.8, 4) is 0 Å². The number of methoxy groups -OCH3 is 1. The van der Waals surface area contributed by atoms with Crippen molar-refractivity contribution in [2.75, 3.05) is 12.9 Å². The van der Waals surface area contributed by atoms with Crippen LogP contribution in [0.25, 0.3) is 0 Å². The highest BCUT2D eigenvalue weighted by Crippen LogP contribution is 2.28. The number of hydrogen-bond donors (Lipinski definition) is 3. The number of hydrogen-bond acceptors (Lipinski definition) is 12. The van der Waals surface area contributed by atoms with Gasteiger partial charge in [0.05, 0.1) is 7.11 Å². The quantitative estimate of drug-likeness (QED) is 0.231. The van der Waals surface area contributed by atoms with Crippen LogP contribution in [0.3, 0.4) is 0 Å². The second-order valence-corrected chi connectivity index (χ2v) is 6.30. The molecular weight excluding hydrogens is 414 g/mol. The van der Waals surface area contributed by atoms with E-state index in [1.54, 1.807) is 0 Å². The Hall–Kier alpha value is -2.38. The van der Waals surface area contributed by atoms with Crippen molar-refractivity contribution in [1.82, 2.24) is 5.32 Å². The van der Waals surface area contributed by atoms with E-state index in [9.17, 15) is 29.1 Å². The lowest BCUT2D eigenvalue weighted by atomic mass is 9.97. The lowest BCUT2D eigenvalue weighted by molar-refractivity contribution is -0.286. The standard InChI is InChI=1S/C16H23NO11S/c1-6(18)25-10-11(26-7(2)19)13(27-8(3)20)16(23)28-12(10)14(21)17-9(5-29)15(22)24-4/h9-13,16,23,29H,5H2,1-4H3,(H,17,21)/t9-,10+,11+,12+,13-,16?/m1/s1. The Kier molecular flexibility index (Phi) is 9.33. The van der Waals surface area contributed by atoms with Gasteiger partial charge in [-0.25, -0.2) is 4.79 Å². The van der Waals surface area contributed by atoms with Gasteiger partial charge < -0.3 is 34.1 Å². The summed E-state index contributed by atoms with van der Waals surface area (Å²) in [5, 5.41) is 12.5. The maximum absolute atomic E-state index is 12.7. The molecule has 0 aliphatic carbocycles. The molecule has 13 heteroatoms. The van der Waals surface area contributed by atoms with Gasteiger partial charge in [0.25, 0.3) is 5.91 Å². The van der Waals surface area contributed by atoms with Crippen molar-refractivity contribution in [3.05, 3.63) is 0 Å². The second kappa shape index (κ2) is 11.0. The van der Waals surface area contributed by atoms with Crippen LogP contribution < -0.4 is 5.32 Å². The fourth-order valence-corrected chi connectivity index (χ4v) is 2.82. The van der Waals surface area contributed by atoms with Gasteiger partial charge in [-0.15, -0.1) is 0 Å². The fourth-order valence-electron chi connectivity index (χ4n) is 2.58. The van der Waals surface area contributed by atoms with Crippen molar-refractivity contribution in [2.24, 2.45) is 0 Å². The molecule has 1 saturated heterocycles. The Balaban J connectivity index is 3.24. The van der Waals surface area contributed by atoms with E-state index in [-0.39, 0.29) is 5.75 Å². The number of nitrogens with one attached hydrogen (secondary N) is 1. The minimum absolute atomic E-state index is 0.130. The van der Waals surface area contributed by atoms with E-state index >= 15 is 0 Å². The van der Waals surface area contributed by atoms with Gasteiger partial charge >= 0.3 is 23.9 Å². The average Bonchev–Trinajstić information content (AvgIpc) is 2.62. The molecule has 0 spiro atoms. The van der Waals surface area contributed by atoms with Gasteiger partial charge in [-0.05, 0) is 0 Å². The first-order valence-corrected chi connectivity index (χ1v) is 8.99. The Morgan fingerprint density at radius 3 is 1.90 bits per heavy atom. The number of aliphatic hydroxyl groups excluding tert-OH is 1. The highest BCUT2D eigenvalue weighted by Gasteiger charge is 2.54. The summed E-state index contributed by atoms with van der Waals surface area (Å²) in [4.78, 5) is 58.7. The number of thiol groups is 1. The highest BCUT2D eigenvalue weighted by atomic mass is 32.1. The predicted molar refractivity (Wildman–Crippen MR) is 95.3 cm³/mol. The Morgan fingerprint density at radius 2 is 1.45 bits per heavy atom. The zero-order valence-corrected chi connectivity index (χ0v) is 17.0. The lowest BCUT2D eigenvalue weighted by Gasteiger charge is -2.42. The van der Waals surface area contributed by atoms with Gasteiger partial charge in [0.2, 0.25) is 0 Å². The molecule has 0 aromatic rings. The molecule has 1 heterocycles. The minimum atomic E-state index is -1.90. The van der Waals surface area contributed by atoms with Gasteiger partial charge in [-0.1, -0.05) is 0 Å². The lowest BCUT2D eigenvalue weighted by Crippen LogP contribution is -2.65. The normalized spacial score (nSPS) is 27.2. The van der Waals surface area contributed by atoms with Crippen molar-refractivity contribution in [3.63, 3.8) is 0 Å². The number of esters is 4. The zero-order valence-electron chi connectivity index (χ0n) is 16.1. The summed E-state index contributed by atoms with van der Waals surface area (Å²) in [6, 6.07) is -1.17. The summed E-state index contributed by atoms with van der Waals surface area (Å²) >= 11 is 3.94. The van der Waals surface area contributed by atoms with Crippen molar-refractivity contribution in [1.29, 1.82) is 0 Å². The molecule has 1 fully saturated rings. The number of carbonyl (C=O) groups is 5. The van der Waals surface area contributed by atoms with E-state index in [1.807, 2.05) is 0 Å². The van der Waals surface area contributed by atoms with Crippen LogP contribution in [-0.4, -0.2) is 84.5 Å². The van der Waals surface area contributed by atoms with Gasteiger partial charge in [0.1, 0.15) is 6.04 Å². The third-order valence-corrected chi connectivity index (χ3v) is 4.03. The molecule has 6 atom stereocenters. The molecule has 12 nitrogen and oxygen atoms in total. The van der Waals surface area contributed by atoms with Crippen LogP contribution in [0.5, 0.6) is 0 Å². The molecule has 1 aliphatic heterocycles. The molecule has 0 radical (unpaired) electrons. The molecule has 1 aliphatic rings. The van der Waals surface area contributed by atoms with Crippen LogP contribution in [0.15, 0.2) is 0 Å². The van der Waals surface area contributed by atoms with Crippen molar-refractivity contribution >= 4 is 42.4 Å². The van der Waals surface area contributed by atoms with E-state index in [0.29, 0.717) is 0 Å². The van der Waals surface area contributed by atoms with E-state index in [0.717, 1.165) is 27.9 Å². The summed E-state index contributed by atoms with van der Waals surface area (Å²) in [5.74, 6) is -4.50. The number of rotatable bonds is 7. The first-order valence-electron chi connectivity index (χ1n) is 8.36. The van der Waals surface area contributed by atoms with E-state index in [2.05, 4.69) is 22.7 Å². The summed E-state index contributed by atoms with van der Waals surface area (Å²) in [6.07, 6.45) is -8.35. The highest BCUT2D eigenvalue weighted by molar-refractivity contribution is 7.80. The predicted octanol–water partition coefficient (Wildman–Crippen LogP) is -1.91. The Bertz CT molecular complexity index is 655. The molecule has 0 saturated carbocycles. The number of amides is 1. The smallest absolute Gasteiger partial charge is 0.329 e. The van der Waals surface area contributed by atoms with Crippen LogP contribution in [0.2, 0.25) is 0 Å². The first kappa shape index (κ1) is 24.7. The molecule has 0 bridgehead atoms. The van der Waals surface area contributed by atoms with Gasteiger partial charge in [-0.2, -0.15) is 12.6 Å². The molecule has 0 aromatic carbocycles. The molecule has 1 unspecified atom stereocenters. The van der Waals surface area contributed by atoms with Crippen LogP contribution in [0.1, 0.15) is 20.8 Å². The average molecular weight is 437 g/mol. The molecule has 1 amide bonds. The number of ether oxygens (including phenoxy) is 5. The summed E-state index contributed by atoms with van der Waals surface area (Å²) in [6.45, 7) is 3.09. The van der Waals surface area contributed by atoms with Gasteiger partial charge in [-0.3, -0.25) is 19.2 Å². The molecule has 29 heavy (non-hydrogen) atoms. The summed E-state index contributed by atoms with van der Waals surface area (Å²) < 4.78 is 24.7. The second-order valence-electron chi connectivity index (χ2n) is 5.94. The zero-order chi connectivity index (χ0) is 22.3. The number of carbonyl (C=O) groups excluding carboxylic acids is 5. The van der Waals surface area contributed by atoms with Crippen molar-refractivity contribution < 1.29 is 52.8 Å². The molecule has 164 valence electrons.